The van der Waals surface area contributed by atoms with Crippen LogP contribution < -0.4 is 4.74 Å². The van der Waals surface area contributed by atoms with Crippen molar-refractivity contribution in [3.63, 3.8) is 0 Å². The van der Waals surface area contributed by atoms with Crippen molar-refractivity contribution in [3.8, 4) is 5.75 Å². The van der Waals surface area contributed by atoms with E-state index in [-0.39, 0.29) is 5.92 Å². The fourth-order valence-corrected chi connectivity index (χ4v) is 1.64. The van der Waals surface area contributed by atoms with Gasteiger partial charge < -0.3 is 9.84 Å². The number of aliphatic carboxylic acids is 1. The van der Waals surface area contributed by atoms with E-state index in [0.717, 1.165) is 11.1 Å². The molecule has 0 amide bonds. The van der Waals surface area contributed by atoms with Crippen LogP contribution >= 0.6 is 11.6 Å². The lowest BCUT2D eigenvalue weighted by Crippen LogP contribution is -2.23. The molecule has 0 bridgehead atoms. The van der Waals surface area contributed by atoms with Gasteiger partial charge in [-0.25, -0.2) is 4.79 Å². The maximum absolute atomic E-state index is 10.8. The molecule has 3 nitrogen and oxygen atoms in total. The van der Waals surface area contributed by atoms with Crippen molar-refractivity contribution < 1.29 is 14.6 Å². The lowest BCUT2D eigenvalue weighted by atomic mass is 10.0. The number of aryl methyl sites for hydroxylation is 1. The molecule has 0 aliphatic rings. The predicted molar refractivity (Wildman–Crippen MR) is 68.0 cm³/mol. The van der Waals surface area contributed by atoms with E-state index in [2.05, 4.69) is 0 Å². The third-order valence-electron chi connectivity index (χ3n) is 2.56. The smallest absolute Gasteiger partial charge is 0.344 e. The third kappa shape index (κ3) is 3.37. The van der Waals surface area contributed by atoms with E-state index in [0.29, 0.717) is 10.8 Å². The molecule has 0 heterocycles. The van der Waals surface area contributed by atoms with Gasteiger partial charge in [-0.1, -0.05) is 25.4 Å². The fraction of sp³-hybridized carbons (Fsp3) is 0.462. The quantitative estimate of drug-likeness (QED) is 0.895. The first-order valence-electron chi connectivity index (χ1n) is 5.52. The molecule has 0 fully saturated rings. The van der Waals surface area contributed by atoms with E-state index in [1.165, 1.54) is 6.92 Å². The molecular formula is C13H17ClO3. The number of rotatable bonds is 4. The molecule has 94 valence electrons. The molecule has 0 radical (unpaired) electrons. The van der Waals surface area contributed by atoms with Gasteiger partial charge in [0, 0.05) is 5.02 Å². The summed E-state index contributed by atoms with van der Waals surface area (Å²) in [5.74, 6) is -0.159. The van der Waals surface area contributed by atoms with Crippen LogP contribution in [0.5, 0.6) is 5.75 Å². The van der Waals surface area contributed by atoms with Gasteiger partial charge >= 0.3 is 5.97 Å². The van der Waals surface area contributed by atoms with Crippen LogP contribution in [0.4, 0.5) is 0 Å². The van der Waals surface area contributed by atoms with Gasteiger partial charge in [0.15, 0.2) is 6.10 Å². The lowest BCUT2D eigenvalue weighted by molar-refractivity contribution is -0.144. The molecule has 1 aromatic rings. The number of benzene rings is 1. The minimum Gasteiger partial charge on any atom is -0.479 e. The van der Waals surface area contributed by atoms with Gasteiger partial charge in [-0.15, -0.1) is 0 Å². The number of ether oxygens (including phenoxy) is 1. The maximum atomic E-state index is 10.8. The van der Waals surface area contributed by atoms with E-state index in [1.807, 2.05) is 26.8 Å². The van der Waals surface area contributed by atoms with Gasteiger partial charge in [0.25, 0.3) is 0 Å². The van der Waals surface area contributed by atoms with Crippen molar-refractivity contribution >= 4 is 17.6 Å². The Bertz CT molecular complexity index is 427. The Hall–Kier alpha value is -1.22. The zero-order valence-electron chi connectivity index (χ0n) is 10.5. The highest BCUT2D eigenvalue weighted by molar-refractivity contribution is 6.31. The van der Waals surface area contributed by atoms with E-state index in [1.54, 1.807) is 6.07 Å². The van der Waals surface area contributed by atoms with E-state index in [9.17, 15) is 4.79 Å². The Morgan fingerprint density at radius 3 is 2.41 bits per heavy atom. The highest BCUT2D eigenvalue weighted by Crippen LogP contribution is 2.32. The predicted octanol–water partition coefficient (Wildman–Crippen LogP) is 3.62. The first-order valence-corrected chi connectivity index (χ1v) is 5.90. The highest BCUT2D eigenvalue weighted by atomic mass is 35.5. The minimum absolute atomic E-state index is 0.226. The number of carbonyl (C=O) groups is 1. The summed E-state index contributed by atoms with van der Waals surface area (Å²) in [5.41, 5.74) is 1.80. The number of carboxylic acids is 1. The summed E-state index contributed by atoms with van der Waals surface area (Å²) >= 11 is 6.06. The van der Waals surface area contributed by atoms with Crippen molar-refractivity contribution in [2.75, 3.05) is 0 Å². The number of hydrogen-bond donors (Lipinski definition) is 1. The monoisotopic (exact) mass is 256 g/mol. The first-order chi connectivity index (χ1) is 7.82. The van der Waals surface area contributed by atoms with Crippen molar-refractivity contribution in [1.29, 1.82) is 0 Å². The summed E-state index contributed by atoms with van der Waals surface area (Å²) in [7, 11) is 0. The van der Waals surface area contributed by atoms with E-state index in [4.69, 9.17) is 21.4 Å². The van der Waals surface area contributed by atoms with Crippen LogP contribution in [0.1, 0.15) is 37.8 Å². The highest BCUT2D eigenvalue weighted by Gasteiger charge is 2.17. The van der Waals surface area contributed by atoms with Gasteiger partial charge in [-0.3, -0.25) is 0 Å². The average molecular weight is 257 g/mol. The van der Waals surface area contributed by atoms with Crippen molar-refractivity contribution in [1.82, 2.24) is 0 Å². The Morgan fingerprint density at radius 1 is 1.35 bits per heavy atom. The molecule has 0 saturated carbocycles. The zero-order chi connectivity index (χ0) is 13.2. The first kappa shape index (κ1) is 13.8. The topological polar surface area (TPSA) is 46.5 Å². The second-order valence-electron chi connectivity index (χ2n) is 4.39. The van der Waals surface area contributed by atoms with Crippen LogP contribution in [0.2, 0.25) is 5.02 Å². The summed E-state index contributed by atoms with van der Waals surface area (Å²) in [5, 5.41) is 9.52. The largest absolute Gasteiger partial charge is 0.479 e. The summed E-state index contributed by atoms with van der Waals surface area (Å²) in [6.45, 7) is 7.40. The second-order valence-corrected chi connectivity index (χ2v) is 4.80. The number of halogens is 1. The average Bonchev–Trinajstić information content (AvgIpc) is 2.22. The summed E-state index contributed by atoms with van der Waals surface area (Å²) < 4.78 is 5.45. The van der Waals surface area contributed by atoms with Crippen LogP contribution in [-0.2, 0) is 4.79 Å². The summed E-state index contributed by atoms with van der Waals surface area (Å²) in [6.07, 6.45) is -0.868. The van der Waals surface area contributed by atoms with Crippen LogP contribution in [0, 0.1) is 6.92 Å². The molecule has 0 saturated heterocycles. The lowest BCUT2D eigenvalue weighted by Gasteiger charge is -2.18. The Balaban J connectivity index is 3.12. The second kappa shape index (κ2) is 5.41. The molecule has 0 spiro atoms. The molecule has 0 aromatic heterocycles. The van der Waals surface area contributed by atoms with Gasteiger partial charge in [0.2, 0.25) is 0 Å². The molecule has 4 heteroatoms. The van der Waals surface area contributed by atoms with E-state index >= 15 is 0 Å². The molecule has 1 atom stereocenters. The van der Waals surface area contributed by atoms with Crippen LogP contribution in [0.15, 0.2) is 12.1 Å². The van der Waals surface area contributed by atoms with E-state index < -0.39 is 12.1 Å². The van der Waals surface area contributed by atoms with Gasteiger partial charge in [-0.2, -0.15) is 0 Å². The Morgan fingerprint density at radius 2 is 1.94 bits per heavy atom. The Kier molecular flexibility index (Phi) is 4.40. The number of hydrogen-bond acceptors (Lipinski definition) is 2. The SMILES string of the molecule is Cc1cc(O[C@H](C)C(=O)O)c(C(C)C)cc1Cl. The minimum atomic E-state index is -0.979. The summed E-state index contributed by atoms with van der Waals surface area (Å²) in [6, 6.07) is 3.63. The summed E-state index contributed by atoms with van der Waals surface area (Å²) in [4.78, 5) is 10.8. The Labute approximate surface area is 106 Å². The van der Waals surface area contributed by atoms with Crippen LogP contribution in [0.25, 0.3) is 0 Å². The van der Waals surface area contributed by atoms with Crippen molar-refractivity contribution in [2.45, 2.75) is 39.7 Å². The van der Waals surface area contributed by atoms with Gasteiger partial charge in [-0.05, 0) is 43.0 Å². The van der Waals surface area contributed by atoms with Gasteiger partial charge in [0.1, 0.15) is 5.75 Å². The molecule has 0 aliphatic heterocycles. The molecule has 1 aromatic carbocycles. The van der Waals surface area contributed by atoms with Crippen LogP contribution in [-0.4, -0.2) is 17.2 Å². The standard InChI is InChI=1S/C13H17ClO3/c1-7(2)10-6-11(14)8(3)5-12(10)17-9(4)13(15)16/h5-7,9H,1-4H3,(H,15,16)/t9-/m1/s1. The molecule has 17 heavy (non-hydrogen) atoms. The molecule has 1 rings (SSSR count). The van der Waals surface area contributed by atoms with Gasteiger partial charge in [0.05, 0.1) is 0 Å². The van der Waals surface area contributed by atoms with Crippen molar-refractivity contribution in [3.05, 3.63) is 28.3 Å². The number of carboxylic acid groups (broad SMARTS) is 1. The third-order valence-corrected chi connectivity index (χ3v) is 2.97. The zero-order valence-corrected chi connectivity index (χ0v) is 11.2. The normalized spacial score (nSPS) is 12.6. The van der Waals surface area contributed by atoms with Crippen LogP contribution in [0.3, 0.4) is 0 Å². The van der Waals surface area contributed by atoms with Crippen molar-refractivity contribution in [2.24, 2.45) is 0 Å². The molecule has 0 aliphatic carbocycles. The molecule has 0 unspecified atom stereocenters. The molecular weight excluding hydrogens is 240 g/mol. The maximum Gasteiger partial charge on any atom is 0.344 e. The fourth-order valence-electron chi connectivity index (χ4n) is 1.46. The molecule has 1 N–H and O–H groups in total.